The Labute approximate surface area is 81.6 Å². The van der Waals surface area contributed by atoms with Crippen molar-refractivity contribution < 1.29 is 9.47 Å². The van der Waals surface area contributed by atoms with E-state index in [0.29, 0.717) is 6.10 Å². The Balaban J connectivity index is 1.86. The molecule has 2 heteroatoms. The molecule has 0 bridgehead atoms. The maximum absolute atomic E-state index is 5.70. The van der Waals surface area contributed by atoms with Crippen LogP contribution in [0.2, 0.25) is 0 Å². The minimum atomic E-state index is 0.385. The predicted octanol–water partition coefficient (Wildman–Crippen LogP) is 2.76. The Bertz CT molecular complexity index is 109. The van der Waals surface area contributed by atoms with Crippen LogP contribution < -0.4 is 0 Å². The van der Waals surface area contributed by atoms with Crippen molar-refractivity contribution in [3.63, 3.8) is 0 Å². The summed E-state index contributed by atoms with van der Waals surface area (Å²) >= 11 is 0. The molecule has 2 nitrogen and oxygen atoms in total. The van der Waals surface area contributed by atoms with Gasteiger partial charge in [-0.15, -0.1) is 0 Å². The monoisotopic (exact) mass is 186 g/mol. The van der Waals surface area contributed by atoms with Crippen LogP contribution in [0, 0.1) is 0 Å². The van der Waals surface area contributed by atoms with Crippen molar-refractivity contribution in [1.29, 1.82) is 0 Å². The fraction of sp³-hybridized carbons (Fsp3) is 1.00. The zero-order valence-corrected chi connectivity index (χ0v) is 8.76. The highest BCUT2D eigenvalue weighted by molar-refractivity contribution is 4.61. The molecule has 13 heavy (non-hydrogen) atoms. The molecule has 0 aromatic carbocycles. The molecule has 1 aliphatic heterocycles. The van der Waals surface area contributed by atoms with Crippen molar-refractivity contribution in [2.75, 3.05) is 19.8 Å². The molecule has 1 rings (SSSR count). The van der Waals surface area contributed by atoms with Crippen LogP contribution in [-0.4, -0.2) is 25.9 Å². The van der Waals surface area contributed by atoms with E-state index in [1.54, 1.807) is 0 Å². The Hall–Kier alpha value is -0.0800. The van der Waals surface area contributed by atoms with E-state index in [1.165, 1.54) is 38.5 Å². The Morgan fingerprint density at radius 1 is 1.31 bits per heavy atom. The zero-order chi connectivity index (χ0) is 9.36. The van der Waals surface area contributed by atoms with Gasteiger partial charge in [-0.05, 0) is 19.3 Å². The van der Waals surface area contributed by atoms with Gasteiger partial charge in [0.05, 0.1) is 12.7 Å². The van der Waals surface area contributed by atoms with Gasteiger partial charge in [0.15, 0.2) is 0 Å². The molecule has 1 atom stereocenters. The Kier molecular flexibility index (Phi) is 6.21. The Morgan fingerprint density at radius 3 is 2.92 bits per heavy atom. The van der Waals surface area contributed by atoms with E-state index in [-0.39, 0.29) is 0 Å². The second-order valence-corrected chi connectivity index (χ2v) is 3.77. The summed E-state index contributed by atoms with van der Waals surface area (Å²) in [5.74, 6) is 0. The molecule has 0 amide bonds. The average molecular weight is 186 g/mol. The van der Waals surface area contributed by atoms with E-state index in [2.05, 4.69) is 6.92 Å². The van der Waals surface area contributed by atoms with Crippen LogP contribution >= 0.6 is 0 Å². The van der Waals surface area contributed by atoms with Crippen molar-refractivity contribution in [3.8, 4) is 0 Å². The summed E-state index contributed by atoms with van der Waals surface area (Å²) in [4.78, 5) is 0. The van der Waals surface area contributed by atoms with Crippen LogP contribution in [0.5, 0.6) is 0 Å². The highest BCUT2D eigenvalue weighted by atomic mass is 16.5. The molecular weight excluding hydrogens is 164 g/mol. The van der Waals surface area contributed by atoms with Gasteiger partial charge in [0.2, 0.25) is 0 Å². The van der Waals surface area contributed by atoms with E-state index in [4.69, 9.17) is 9.47 Å². The number of unbranched alkanes of at least 4 members (excludes halogenated alkanes) is 3. The molecule has 0 saturated carbocycles. The quantitative estimate of drug-likeness (QED) is 0.594. The number of rotatable bonds is 6. The molecule has 1 fully saturated rings. The molecule has 78 valence electrons. The van der Waals surface area contributed by atoms with Crippen LogP contribution in [0.1, 0.15) is 45.4 Å². The van der Waals surface area contributed by atoms with Crippen molar-refractivity contribution in [2.24, 2.45) is 0 Å². The molecule has 1 heterocycles. The lowest BCUT2D eigenvalue weighted by Crippen LogP contribution is -2.25. The summed E-state index contributed by atoms with van der Waals surface area (Å²) in [5, 5.41) is 0. The normalized spacial score (nSPS) is 23.3. The van der Waals surface area contributed by atoms with Crippen molar-refractivity contribution >= 4 is 0 Å². The topological polar surface area (TPSA) is 18.5 Å². The molecule has 1 aliphatic rings. The molecule has 0 aromatic rings. The van der Waals surface area contributed by atoms with Gasteiger partial charge in [-0.2, -0.15) is 0 Å². The summed E-state index contributed by atoms with van der Waals surface area (Å²) in [6.07, 6.45) is 7.90. The van der Waals surface area contributed by atoms with Gasteiger partial charge in [0, 0.05) is 13.2 Å². The van der Waals surface area contributed by atoms with Gasteiger partial charge < -0.3 is 9.47 Å². The van der Waals surface area contributed by atoms with E-state index in [1.807, 2.05) is 0 Å². The van der Waals surface area contributed by atoms with E-state index in [0.717, 1.165) is 19.8 Å². The van der Waals surface area contributed by atoms with Crippen molar-refractivity contribution in [1.82, 2.24) is 0 Å². The Morgan fingerprint density at radius 2 is 2.23 bits per heavy atom. The zero-order valence-electron chi connectivity index (χ0n) is 8.76. The first-order valence-electron chi connectivity index (χ1n) is 5.63. The fourth-order valence-corrected chi connectivity index (χ4v) is 1.62. The third-order valence-electron chi connectivity index (χ3n) is 2.47. The smallest absolute Gasteiger partial charge is 0.0809 e. The number of ether oxygens (including phenoxy) is 2. The van der Waals surface area contributed by atoms with Crippen molar-refractivity contribution in [2.45, 2.75) is 51.6 Å². The highest BCUT2D eigenvalue weighted by Crippen LogP contribution is 2.10. The second kappa shape index (κ2) is 7.34. The first kappa shape index (κ1) is 11.0. The van der Waals surface area contributed by atoms with Crippen LogP contribution in [0.25, 0.3) is 0 Å². The van der Waals surface area contributed by atoms with Crippen LogP contribution in [0.15, 0.2) is 0 Å². The summed E-state index contributed by atoms with van der Waals surface area (Å²) in [6.45, 7) is 4.90. The van der Waals surface area contributed by atoms with Crippen LogP contribution in [-0.2, 0) is 9.47 Å². The second-order valence-electron chi connectivity index (χ2n) is 3.77. The number of hydrogen-bond donors (Lipinski definition) is 0. The summed E-state index contributed by atoms with van der Waals surface area (Å²) in [7, 11) is 0. The lowest BCUT2D eigenvalue weighted by molar-refractivity contribution is -0.0507. The minimum absolute atomic E-state index is 0.385. The van der Waals surface area contributed by atoms with Gasteiger partial charge in [-0.3, -0.25) is 0 Å². The molecule has 1 saturated heterocycles. The lowest BCUT2D eigenvalue weighted by atomic mass is 10.2. The molecule has 0 spiro atoms. The van der Waals surface area contributed by atoms with Crippen LogP contribution in [0.4, 0.5) is 0 Å². The molecule has 0 aromatic heterocycles. The van der Waals surface area contributed by atoms with E-state index in [9.17, 15) is 0 Å². The minimum Gasteiger partial charge on any atom is -0.379 e. The molecule has 0 aliphatic carbocycles. The van der Waals surface area contributed by atoms with Crippen LogP contribution in [0.3, 0.4) is 0 Å². The third-order valence-corrected chi connectivity index (χ3v) is 2.47. The third kappa shape index (κ3) is 5.27. The maximum Gasteiger partial charge on any atom is 0.0809 e. The summed E-state index contributed by atoms with van der Waals surface area (Å²) in [6, 6.07) is 0. The van der Waals surface area contributed by atoms with Gasteiger partial charge in [-0.25, -0.2) is 0 Å². The predicted molar refractivity (Wildman–Crippen MR) is 53.9 cm³/mol. The largest absolute Gasteiger partial charge is 0.379 e. The van der Waals surface area contributed by atoms with E-state index < -0.39 is 0 Å². The first-order chi connectivity index (χ1) is 6.43. The SMILES string of the molecule is CCCCCCOC1CCCOC1. The molecular formula is C11H22O2. The molecule has 0 N–H and O–H groups in total. The van der Waals surface area contributed by atoms with E-state index >= 15 is 0 Å². The summed E-state index contributed by atoms with van der Waals surface area (Å²) < 4.78 is 11.0. The van der Waals surface area contributed by atoms with Crippen molar-refractivity contribution in [3.05, 3.63) is 0 Å². The van der Waals surface area contributed by atoms with Gasteiger partial charge in [0.25, 0.3) is 0 Å². The molecule has 0 radical (unpaired) electrons. The summed E-state index contributed by atoms with van der Waals surface area (Å²) in [5.41, 5.74) is 0. The van der Waals surface area contributed by atoms with Gasteiger partial charge >= 0.3 is 0 Å². The standard InChI is InChI=1S/C11H22O2/c1-2-3-4-5-9-13-11-7-6-8-12-10-11/h11H,2-10H2,1H3. The maximum atomic E-state index is 5.70. The van der Waals surface area contributed by atoms with Gasteiger partial charge in [0.1, 0.15) is 0 Å². The first-order valence-corrected chi connectivity index (χ1v) is 5.63. The van der Waals surface area contributed by atoms with Gasteiger partial charge in [-0.1, -0.05) is 26.2 Å². The lowest BCUT2D eigenvalue weighted by Gasteiger charge is -2.22. The average Bonchev–Trinajstić information content (AvgIpc) is 2.19. The molecule has 1 unspecified atom stereocenters. The highest BCUT2D eigenvalue weighted by Gasteiger charge is 2.13. The number of hydrogen-bond acceptors (Lipinski definition) is 2. The fourth-order valence-electron chi connectivity index (χ4n) is 1.62.